The van der Waals surface area contributed by atoms with E-state index in [1.807, 2.05) is 60.7 Å². The normalized spacial score (nSPS) is 11.7. The van der Waals surface area contributed by atoms with Gasteiger partial charge in [-0.2, -0.15) is 8.97 Å². The lowest BCUT2D eigenvalue weighted by Gasteiger charge is -2.34. The summed E-state index contributed by atoms with van der Waals surface area (Å²) in [4.78, 5) is 25.2. The lowest BCUT2D eigenvalue weighted by Crippen LogP contribution is -2.62. The van der Waals surface area contributed by atoms with Crippen LogP contribution in [0.1, 0.15) is 0 Å². The number of nitrogens with one attached hydrogen (secondary N) is 2. The Balaban J connectivity index is 2.03. The summed E-state index contributed by atoms with van der Waals surface area (Å²) in [5, 5.41) is 5.77. The average Bonchev–Trinajstić information content (AvgIpc) is 2.55. The third-order valence-corrected chi connectivity index (χ3v) is 3.86. The molecule has 2 rings (SSSR count). The Bertz CT molecular complexity index is 664. The number of nitrogens with zero attached hydrogens (tertiary/aromatic N) is 2. The van der Waals surface area contributed by atoms with Gasteiger partial charge in [0.15, 0.2) is 0 Å². The molecule has 0 unspecified atom stereocenters. The number of carbonyl (C=O) groups is 2. The van der Waals surface area contributed by atoms with Gasteiger partial charge in [-0.05, 0) is 24.3 Å². The van der Waals surface area contributed by atoms with Gasteiger partial charge in [0, 0.05) is 11.4 Å². The summed E-state index contributed by atoms with van der Waals surface area (Å²) >= 11 is 0. The fraction of sp³-hybridized carbons (Fsp3) is 0.263. The molecule has 25 heavy (non-hydrogen) atoms. The minimum Gasteiger partial charge on any atom is -0.275 e. The number of rotatable bonds is 4. The highest BCUT2D eigenvalue weighted by molar-refractivity contribution is 5.85. The molecule has 6 heteroatoms. The van der Waals surface area contributed by atoms with Gasteiger partial charge in [0.2, 0.25) is 6.67 Å². The topological polar surface area (TPSA) is 58.2 Å². The molecule has 6 nitrogen and oxygen atoms in total. The van der Waals surface area contributed by atoms with E-state index >= 15 is 0 Å². The van der Waals surface area contributed by atoms with Crippen LogP contribution in [0.5, 0.6) is 0 Å². The Morgan fingerprint density at radius 1 is 0.680 bits per heavy atom. The highest BCUT2D eigenvalue weighted by atomic mass is 16.2. The second kappa shape index (κ2) is 7.46. The number of para-hydroxylation sites is 2. The summed E-state index contributed by atoms with van der Waals surface area (Å²) in [6.45, 7) is 0.303. The first-order chi connectivity index (χ1) is 11.7. The van der Waals surface area contributed by atoms with Gasteiger partial charge in [0.25, 0.3) is 0 Å². The smallest absolute Gasteiger partial charge is 0.275 e. The molecule has 0 atom stereocenters. The van der Waals surface area contributed by atoms with Crippen molar-refractivity contribution >= 4 is 23.4 Å². The predicted octanol–water partition coefficient (Wildman–Crippen LogP) is 3.56. The summed E-state index contributed by atoms with van der Waals surface area (Å²) in [5.74, 6) is 0. The zero-order valence-electron chi connectivity index (χ0n) is 15.2. The summed E-state index contributed by atoms with van der Waals surface area (Å²) in [5.41, 5.74) is 1.47. The Labute approximate surface area is 148 Å². The highest BCUT2D eigenvalue weighted by Gasteiger charge is 2.39. The van der Waals surface area contributed by atoms with Crippen molar-refractivity contribution in [3.05, 3.63) is 60.7 Å². The fourth-order valence-electron chi connectivity index (χ4n) is 2.60. The molecule has 0 bridgehead atoms. The van der Waals surface area contributed by atoms with Crippen molar-refractivity contribution in [3.63, 3.8) is 0 Å². The number of quaternary nitrogens is 2. The van der Waals surface area contributed by atoms with E-state index in [1.54, 1.807) is 28.2 Å². The Morgan fingerprint density at radius 2 is 1.00 bits per heavy atom. The van der Waals surface area contributed by atoms with Crippen LogP contribution in [-0.2, 0) is 0 Å². The van der Waals surface area contributed by atoms with Crippen molar-refractivity contribution < 1.29 is 18.6 Å². The van der Waals surface area contributed by atoms with Crippen LogP contribution in [0, 0.1) is 0 Å². The first kappa shape index (κ1) is 18.6. The lowest BCUT2D eigenvalue weighted by atomic mass is 10.3. The van der Waals surface area contributed by atoms with Crippen molar-refractivity contribution in [2.24, 2.45) is 0 Å². The number of carbonyl (C=O) groups excluding carboxylic acids is 2. The second-order valence-corrected chi connectivity index (χ2v) is 7.10. The van der Waals surface area contributed by atoms with E-state index < -0.39 is 0 Å². The second-order valence-electron chi connectivity index (χ2n) is 7.10. The van der Waals surface area contributed by atoms with Crippen LogP contribution in [0.2, 0.25) is 0 Å². The first-order valence-electron chi connectivity index (χ1n) is 8.10. The van der Waals surface area contributed by atoms with Gasteiger partial charge in [-0.1, -0.05) is 36.4 Å². The monoisotopic (exact) mass is 342 g/mol. The predicted molar refractivity (Wildman–Crippen MR) is 100 cm³/mol. The van der Waals surface area contributed by atoms with E-state index in [1.165, 1.54) is 0 Å². The molecule has 0 spiro atoms. The Morgan fingerprint density at radius 3 is 1.32 bits per heavy atom. The average molecular weight is 342 g/mol. The maximum absolute atomic E-state index is 12.6. The first-order valence-corrected chi connectivity index (χ1v) is 8.10. The number of hydrogen-bond donors (Lipinski definition) is 2. The number of benzene rings is 2. The van der Waals surface area contributed by atoms with Gasteiger partial charge >= 0.3 is 12.1 Å². The molecule has 2 aromatic rings. The van der Waals surface area contributed by atoms with E-state index in [4.69, 9.17) is 0 Å². The van der Waals surface area contributed by atoms with Crippen molar-refractivity contribution in [2.75, 3.05) is 45.5 Å². The van der Waals surface area contributed by atoms with Gasteiger partial charge in [0.05, 0.1) is 28.2 Å². The van der Waals surface area contributed by atoms with Crippen LogP contribution in [0.15, 0.2) is 60.7 Å². The minimum absolute atomic E-state index is 0.0180. The van der Waals surface area contributed by atoms with Gasteiger partial charge in [-0.15, -0.1) is 0 Å². The molecule has 2 aromatic carbocycles. The molecular formula is C19H26N4O2+2. The summed E-state index contributed by atoms with van der Waals surface area (Å²) in [7, 11) is 7.14. The largest absolute Gasteiger partial charge is 0.425 e. The number of anilines is 2. The molecule has 0 fully saturated rings. The van der Waals surface area contributed by atoms with Crippen LogP contribution >= 0.6 is 0 Å². The quantitative estimate of drug-likeness (QED) is 0.659. The van der Waals surface area contributed by atoms with Crippen LogP contribution in [-0.4, -0.2) is 55.9 Å². The van der Waals surface area contributed by atoms with E-state index in [9.17, 15) is 9.59 Å². The van der Waals surface area contributed by atoms with E-state index in [0.717, 1.165) is 11.4 Å². The minimum atomic E-state index is -0.176. The number of hydrogen-bond acceptors (Lipinski definition) is 2. The van der Waals surface area contributed by atoms with Gasteiger partial charge in [0.1, 0.15) is 0 Å². The van der Waals surface area contributed by atoms with Gasteiger partial charge in [-0.25, -0.2) is 9.59 Å². The van der Waals surface area contributed by atoms with Crippen LogP contribution in [0.4, 0.5) is 21.0 Å². The molecule has 0 radical (unpaired) electrons. The fourth-order valence-corrected chi connectivity index (χ4v) is 2.60. The molecule has 0 heterocycles. The molecular weight excluding hydrogens is 316 g/mol. The lowest BCUT2D eigenvalue weighted by molar-refractivity contribution is -0.992. The summed E-state index contributed by atoms with van der Waals surface area (Å²) < 4.78 is 0.0359. The van der Waals surface area contributed by atoms with Crippen LogP contribution in [0.3, 0.4) is 0 Å². The maximum Gasteiger partial charge on any atom is 0.425 e. The standard InChI is InChI=1S/C19H24N4O2/c1-22(2,18(24)20-16-11-7-5-8-12-16)15-23(3,4)19(25)21-17-13-9-6-10-14-17/h5-14H,15H2,1-4H3/p+2. The highest BCUT2D eigenvalue weighted by Crippen LogP contribution is 2.14. The molecule has 0 aliphatic rings. The zero-order valence-corrected chi connectivity index (χ0v) is 15.2. The van der Waals surface area contributed by atoms with Crippen molar-refractivity contribution in [3.8, 4) is 0 Å². The molecule has 0 aromatic heterocycles. The van der Waals surface area contributed by atoms with Crippen LogP contribution < -0.4 is 10.6 Å². The van der Waals surface area contributed by atoms with Gasteiger partial charge in [-0.3, -0.25) is 10.6 Å². The molecule has 0 saturated heterocycles. The Kier molecular flexibility index (Phi) is 5.56. The number of amides is 4. The van der Waals surface area contributed by atoms with E-state index in [-0.39, 0.29) is 21.0 Å². The molecule has 0 aliphatic carbocycles. The van der Waals surface area contributed by atoms with Crippen molar-refractivity contribution in [1.29, 1.82) is 0 Å². The van der Waals surface area contributed by atoms with Gasteiger partial charge < -0.3 is 0 Å². The Hall–Kier alpha value is -2.70. The van der Waals surface area contributed by atoms with E-state index in [0.29, 0.717) is 6.67 Å². The third-order valence-electron chi connectivity index (χ3n) is 3.86. The van der Waals surface area contributed by atoms with E-state index in [2.05, 4.69) is 10.6 Å². The number of urea groups is 2. The maximum atomic E-state index is 12.6. The molecule has 0 saturated carbocycles. The van der Waals surface area contributed by atoms with Crippen LogP contribution in [0.25, 0.3) is 0 Å². The zero-order chi connectivity index (χ0) is 18.5. The molecule has 4 amide bonds. The molecule has 132 valence electrons. The summed E-state index contributed by atoms with van der Waals surface area (Å²) in [6.07, 6.45) is 0. The SMILES string of the molecule is C[N+](C)(C[N+](C)(C)C(=O)Nc1ccccc1)C(=O)Nc1ccccc1. The van der Waals surface area contributed by atoms with Crippen molar-refractivity contribution in [1.82, 2.24) is 0 Å². The summed E-state index contributed by atoms with van der Waals surface area (Å²) in [6, 6.07) is 18.2. The molecule has 0 aliphatic heterocycles. The molecule has 2 N–H and O–H groups in total. The van der Waals surface area contributed by atoms with Crippen molar-refractivity contribution in [2.45, 2.75) is 0 Å². The third kappa shape index (κ3) is 5.14.